The summed E-state index contributed by atoms with van der Waals surface area (Å²) in [5.74, 6) is 0.0888. The van der Waals surface area contributed by atoms with Crippen LogP contribution in [-0.4, -0.2) is 20.0 Å². The molecule has 2 atom stereocenters. The number of hydrogen-bond donors (Lipinski definition) is 1. The van der Waals surface area contributed by atoms with Gasteiger partial charge in [-0.25, -0.2) is 9.89 Å². The highest BCUT2D eigenvalue weighted by atomic mass is 32.2. The van der Waals surface area contributed by atoms with E-state index in [1.807, 2.05) is 6.92 Å². The van der Waals surface area contributed by atoms with Gasteiger partial charge in [0.1, 0.15) is 0 Å². The molecule has 1 aliphatic rings. The smallest absolute Gasteiger partial charge is 0.270 e. The highest BCUT2D eigenvalue weighted by molar-refractivity contribution is 7.99. The average molecular weight is 252 g/mol. The summed E-state index contributed by atoms with van der Waals surface area (Å²) in [5.41, 5.74) is -0.167. The van der Waals surface area contributed by atoms with Crippen molar-refractivity contribution in [1.29, 1.82) is 5.26 Å². The molecule has 1 fully saturated rings. The van der Waals surface area contributed by atoms with Crippen LogP contribution in [0.2, 0.25) is 0 Å². The number of H-pyrrole nitrogens is 1. The van der Waals surface area contributed by atoms with E-state index in [0.29, 0.717) is 11.7 Å². The fourth-order valence-corrected chi connectivity index (χ4v) is 3.55. The molecule has 92 valence electrons. The summed E-state index contributed by atoms with van der Waals surface area (Å²) >= 11 is 1.57. The van der Waals surface area contributed by atoms with Gasteiger partial charge in [-0.3, -0.25) is 4.57 Å². The van der Waals surface area contributed by atoms with E-state index in [0.717, 1.165) is 25.7 Å². The van der Waals surface area contributed by atoms with Crippen LogP contribution < -0.4 is 5.69 Å². The average Bonchev–Trinajstić information content (AvgIpc) is 2.70. The highest BCUT2D eigenvalue weighted by Crippen LogP contribution is 2.35. The van der Waals surface area contributed by atoms with Crippen molar-refractivity contribution in [3.05, 3.63) is 10.5 Å². The number of rotatable bonds is 3. The molecule has 17 heavy (non-hydrogen) atoms. The van der Waals surface area contributed by atoms with Crippen molar-refractivity contribution in [3.63, 3.8) is 0 Å². The molecule has 0 amide bonds. The molecule has 1 N–H and O–H groups in total. The SMILES string of the molecule is CCn1c(SC2CCCCC2C#N)n[nH]c1=O. The molecular formula is C11H16N4OS. The number of nitriles is 1. The molecule has 6 heteroatoms. The number of thioether (sulfide) groups is 1. The standard InChI is InChI=1S/C11H16N4OS/c1-2-15-10(16)13-14-11(15)17-9-6-4-3-5-8(9)7-12/h8-9H,2-6H2,1H3,(H,13,16). The molecule has 1 aromatic heterocycles. The minimum atomic E-state index is -0.167. The monoisotopic (exact) mass is 252 g/mol. The Bertz CT molecular complexity index is 473. The van der Waals surface area contributed by atoms with Crippen LogP contribution in [0.5, 0.6) is 0 Å². The van der Waals surface area contributed by atoms with E-state index in [-0.39, 0.29) is 16.9 Å². The molecule has 0 spiro atoms. The topological polar surface area (TPSA) is 74.5 Å². The van der Waals surface area contributed by atoms with Gasteiger partial charge in [-0.2, -0.15) is 5.26 Å². The third-order valence-electron chi connectivity index (χ3n) is 3.16. The van der Waals surface area contributed by atoms with Gasteiger partial charge >= 0.3 is 5.69 Å². The van der Waals surface area contributed by atoms with Crippen molar-refractivity contribution in [1.82, 2.24) is 14.8 Å². The van der Waals surface area contributed by atoms with Crippen LogP contribution in [0.15, 0.2) is 9.95 Å². The first-order valence-electron chi connectivity index (χ1n) is 5.97. The fourth-order valence-electron chi connectivity index (χ4n) is 2.19. The first-order valence-corrected chi connectivity index (χ1v) is 6.85. The van der Waals surface area contributed by atoms with Gasteiger partial charge in [-0.15, -0.1) is 5.10 Å². The predicted octanol–water partition coefficient (Wildman–Crippen LogP) is 1.77. The number of aromatic nitrogens is 3. The maximum absolute atomic E-state index is 11.4. The highest BCUT2D eigenvalue weighted by Gasteiger charge is 2.27. The van der Waals surface area contributed by atoms with Gasteiger partial charge in [0.05, 0.1) is 12.0 Å². The maximum atomic E-state index is 11.4. The fraction of sp³-hybridized carbons (Fsp3) is 0.727. The van der Waals surface area contributed by atoms with E-state index in [2.05, 4.69) is 16.3 Å². The van der Waals surface area contributed by atoms with E-state index in [4.69, 9.17) is 5.26 Å². The Balaban J connectivity index is 2.14. The van der Waals surface area contributed by atoms with Crippen molar-refractivity contribution in [2.45, 2.75) is 49.6 Å². The Morgan fingerprint density at radius 3 is 3.06 bits per heavy atom. The largest absolute Gasteiger partial charge is 0.343 e. The molecule has 0 aliphatic heterocycles. The summed E-state index contributed by atoms with van der Waals surface area (Å²) in [5, 5.41) is 16.6. The lowest BCUT2D eigenvalue weighted by Crippen LogP contribution is -2.22. The molecule has 1 saturated carbocycles. The molecule has 1 aromatic rings. The predicted molar refractivity (Wildman–Crippen MR) is 65.7 cm³/mol. The van der Waals surface area contributed by atoms with Gasteiger partial charge in [0, 0.05) is 11.8 Å². The summed E-state index contributed by atoms with van der Waals surface area (Å²) < 4.78 is 1.62. The zero-order valence-electron chi connectivity index (χ0n) is 9.85. The summed E-state index contributed by atoms with van der Waals surface area (Å²) in [6.07, 6.45) is 4.30. The Morgan fingerprint density at radius 1 is 1.59 bits per heavy atom. The van der Waals surface area contributed by atoms with Gasteiger partial charge in [0.15, 0.2) is 5.16 Å². The van der Waals surface area contributed by atoms with E-state index >= 15 is 0 Å². The molecular weight excluding hydrogens is 236 g/mol. The quantitative estimate of drug-likeness (QED) is 0.889. The second kappa shape index (κ2) is 5.41. The lowest BCUT2D eigenvalue weighted by Gasteiger charge is -2.25. The van der Waals surface area contributed by atoms with Crippen molar-refractivity contribution in [3.8, 4) is 6.07 Å². The minimum Gasteiger partial charge on any atom is -0.270 e. The number of nitrogens with one attached hydrogen (secondary N) is 1. The molecule has 1 aliphatic carbocycles. The van der Waals surface area contributed by atoms with Crippen molar-refractivity contribution in [2.24, 2.45) is 5.92 Å². The first kappa shape index (κ1) is 12.2. The van der Waals surface area contributed by atoms with E-state index < -0.39 is 0 Å². The van der Waals surface area contributed by atoms with Crippen LogP contribution >= 0.6 is 11.8 Å². The second-order valence-electron chi connectivity index (χ2n) is 4.23. The molecule has 5 nitrogen and oxygen atoms in total. The van der Waals surface area contributed by atoms with Crippen molar-refractivity contribution in [2.75, 3.05) is 0 Å². The van der Waals surface area contributed by atoms with E-state index in [1.54, 1.807) is 16.3 Å². The Morgan fingerprint density at radius 2 is 2.35 bits per heavy atom. The molecule has 2 rings (SSSR count). The zero-order chi connectivity index (χ0) is 12.3. The van der Waals surface area contributed by atoms with Crippen LogP contribution in [0.3, 0.4) is 0 Å². The summed E-state index contributed by atoms with van der Waals surface area (Å²) in [6, 6.07) is 2.37. The maximum Gasteiger partial charge on any atom is 0.343 e. The van der Waals surface area contributed by atoms with E-state index in [1.165, 1.54) is 0 Å². The lowest BCUT2D eigenvalue weighted by atomic mass is 9.90. The lowest BCUT2D eigenvalue weighted by molar-refractivity contribution is 0.438. The Kier molecular flexibility index (Phi) is 3.89. The van der Waals surface area contributed by atoms with Crippen molar-refractivity contribution < 1.29 is 0 Å². The number of nitrogens with zero attached hydrogens (tertiary/aromatic N) is 3. The van der Waals surface area contributed by atoms with Gasteiger partial charge < -0.3 is 0 Å². The Labute approximate surface area is 104 Å². The Hall–Kier alpha value is -1.22. The van der Waals surface area contributed by atoms with Gasteiger partial charge in [0.2, 0.25) is 0 Å². The number of hydrogen-bond acceptors (Lipinski definition) is 4. The normalized spacial score (nSPS) is 24.5. The van der Waals surface area contributed by atoms with Crippen LogP contribution in [0, 0.1) is 17.2 Å². The summed E-state index contributed by atoms with van der Waals surface area (Å²) in [6.45, 7) is 2.53. The molecule has 2 unspecified atom stereocenters. The first-order chi connectivity index (χ1) is 8.26. The van der Waals surface area contributed by atoms with Crippen LogP contribution in [0.4, 0.5) is 0 Å². The van der Waals surface area contributed by atoms with Crippen molar-refractivity contribution >= 4 is 11.8 Å². The van der Waals surface area contributed by atoms with Crippen LogP contribution in [0.1, 0.15) is 32.6 Å². The van der Waals surface area contributed by atoms with Crippen LogP contribution in [0.25, 0.3) is 0 Å². The molecule has 1 heterocycles. The number of aromatic amines is 1. The minimum absolute atomic E-state index is 0.0888. The third kappa shape index (κ3) is 2.55. The molecule has 0 radical (unpaired) electrons. The zero-order valence-corrected chi connectivity index (χ0v) is 10.7. The third-order valence-corrected chi connectivity index (χ3v) is 4.55. The molecule has 0 bridgehead atoms. The van der Waals surface area contributed by atoms with Gasteiger partial charge in [-0.05, 0) is 19.8 Å². The summed E-state index contributed by atoms with van der Waals surface area (Å²) in [4.78, 5) is 11.4. The second-order valence-corrected chi connectivity index (χ2v) is 5.44. The van der Waals surface area contributed by atoms with Crippen LogP contribution in [-0.2, 0) is 6.54 Å². The molecule has 0 aromatic carbocycles. The van der Waals surface area contributed by atoms with E-state index in [9.17, 15) is 4.79 Å². The molecule has 0 saturated heterocycles. The summed E-state index contributed by atoms with van der Waals surface area (Å²) in [7, 11) is 0. The van der Waals surface area contributed by atoms with Gasteiger partial charge in [0.25, 0.3) is 0 Å². The van der Waals surface area contributed by atoms with Gasteiger partial charge in [-0.1, -0.05) is 24.6 Å².